The molecule has 1 aliphatic heterocycles. The summed E-state index contributed by atoms with van der Waals surface area (Å²) in [6.45, 7) is 9.03. The van der Waals surface area contributed by atoms with E-state index in [2.05, 4.69) is 0 Å². The lowest BCUT2D eigenvalue weighted by Crippen LogP contribution is -2.47. The third kappa shape index (κ3) is 4.97. The molecule has 0 spiro atoms. The van der Waals surface area contributed by atoms with Crippen molar-refractivity contribution < 1.29 is 13.9 Å². The molecule has 1 heterocycles. The predicted octanol–water partition coefficient (Wildman–Crippen LogP) is 2.57. The first-order valence-electron chi connectivity index (χ1n) is 7.06. The molecule has 0 aliphatic carbocycles. The lowest BCUT2D eigenvalue weighted by atomic mass is 9.82. The van der Waals surface area contributed by atoms with Gasteiger partial charge in [-0.1, -0.05) is 6.92 Å². The van der Waals surface area contributed by atoms with Gasteiger partial charge in [-0.2, -0.15) is 0 Å². The van der Waals surface area contributed by atoms with E-state index < -0.39 is 11.8 Å². The molecule has 1 saturated heterocycles. The highest BCUT2D eigenvalue weighted by Gasteiger charge is 2.34. The Morgan fingerprint density at radius 1 is 1.53 bits per heavy atom. The molecule has 1 aliphatic rings. The molecule has 0 radical (unpaired) electrons. The van der Waals surface area contributed by atoms with Crippen LogP contribution >= 0.6 is 0 Å². The van der Waals surface area contributed by atoms with Crippen LogP contribution in [0.25, 0.3) is 0 Å². The predicted molar refractivity (Wildman–Crippen MR) is 73.6 cm³/mol. The number of halogens is 1. The zero-order valence-corrected chi connectivity index (χ0v) is 12.5. The van der Waals surface area contributed by atoms with E-state index in [9.17, 15) is 9.18 Å². The van der Waals surface area contributed by atoms with E-state index in [1.165, 1.54) is 0 Å². The standard InChI is InChI=1S/C14H27FN2O2/c1-10-9-17(13(18)19-14(2,3)4)8-6-11(10)12(15)5-7-16/h10-12H,5-9,16H2,1-4H3. The third-order valence-electron chi connectivity index (χ3n) is 3.53. The monoisotopic (exact) mass is 274 g/mol. The van der Waals surface area contributed by atoms with Gasteiger partial charge in [0, 0.05) is 13.1 Å². The van der Waals surface area contributed by atoms with Crippen molar-refractivity contribution >= 4 is 6.09 Å². The Balaban J connectivity index is 2.51. The lowest BCUT2D eigenvalue weighted by molar-refractivity contribution is 0.00369. The molecular weight excluding hydrogens is 247 g/mol. The van der Waals surface area contributed by atoms with Gasteiger partial charge in [0.25, 0.3) is 0 Å². The molecule has 4 nitrogen and oxygen atoms in total. The highest BCUT2D eigenvalue weighted by Crippen LogP contribution is 2.30. The minimum absolute atomic E-state index is 0.00207. The molecule has 0 aromatic heterocycles. The maximum Gasteiger partial charge on any atom is 0.410 e. The summed E-state index contributed by atoms with van der Waals surface area (Å²) in [6, 6.07) is 0. The SMILES string of the molecule is CC1CN(C(=O)OC(C)(C)C)CCC1C(F)CCN. The minimum atomic E-state index is -0.860. The van der Waals surface area contributed by atoms with Crippen LogP contribution in [0.1, 0.15) is 40.5 Å². The second-order valence-electron chi connectivity index (χ2n) is 6.45. The van der Waals surface area contributed by atoms with E-state index in [0.717, 1.165) is 0 Å². The number of nitrogens with zero attached hydrogens (tertiary/aromatic N) is 1. The van der Waals surface area contributed by atoms with Crippen molar-refractivity contribution in [1.82, 2.24) is 4.90 Å². The summed E-state index contributed by atoms with van der Waals surface area (Å²) < 4.78 is 19.3. The maximum absolute atomic E-state index is 13.9. The second kappa shape index (κ2) is 6.55. The summed E-state index contributed by atoms with van der Waals surface area (Å²) >= 11 is 0. The van der Waals surface area contributed by atoms with Crippen LogP contribution in [0.5, 0.6) is 0 Å². The fraction of sp³-hybridized carbons (Fsp3) is 0.929. The molecule has 1 rings (SSSR count). The quantitative estimate of drug-likeness (QED) is 0.860. The van der Waals surface area contributed by atoms with Gasteiger partial charge in [0.15, 0.2) is 0 Å². The fourth-order valence-electron chi connectivity index (χ4n) is 2.57. The summed E-state index contributed by atoms with van der Waals surface area (Å²) in [4.78, 5) is 13.6. The zero-order valence-electron chi connectivity index (χ0n) is 12.5. The van der Waals surface area contributed by atoms with E-state index >= 15 is 0 Å². The van der Waals surface area contributed by atoms with Gasteiger partial charge in [-0.15, -0.1) is 0 Å². The van der Waals surface area contributed by atoms with E-state index in [1.807, 2.05) is 27.7 Å². The summed E-state index contributed by atoms with van der Waals surface area (Å²) in [6.07, 6.45) is -0.0731. The molecule has 1 fully saturated rings. The summed E-state index contributed by atoms with van der Waals surface area (Å²) in [7, 11) is 0. The molecule has 0 bridgehead atoms. The van der Waals surface area contributed by atoms with Crippen molar-refractivity contribution in [3.05, 3.63) is 0 Å². The van der Waals surface area contributed by atoms with E-state index in [1.54, 1.807) is 4.90 Å². The van der Waals surface area contributed by atoms with Gasteiger partial charge >= 0.3 is 6.09 Å². The number of hydrogen-bond donors (Lipinski definition) is 1. The van der Waals surface area contributed by atoms with Gasteiger partial charge < -0.3 is 15.4 Å². The van der Waals surface area contributed by atoms with Gasteiger partial charge in [0.1, 0.15) is 11.8 Å². The molecule has 2 N–H and O–H groups in total. The van der Waals surface area contributed by atoms with Crippen molar-refractivity contribution in [1.29, 1.82) is 0 Å². The fourth-order valence-corrected chi connectivity index (χ4v) is 2.57. The normalized spacial score (nSPS) is 26.1. The molecule has 3 unspecified atom stereocenters. The van der Waals surface area contributed by atoms with Crippen molar-refractivity contribution in [3.63, 3.8) is 0 Å². The molecule has 19 heavy (non-hydrogen) atoms. The van der Waals surface area contributed by atoms with Crippen LogP contribution in [0.2, 0.25) is 0 Å². The van der Waals surface area contributed by atoms with Crippen LogP contribution in [0.4, 0.5) is 9.18 Å². The second-order valence-corrected chi connectivity index (χ2v) is 6.45. The van der Waals surface area contributed by atoms with Gasteiger partial charge in [-0.3, -0.25) is 0 Å². The number of nitrogens with two attached hydrogens (primary N) is 1. The van der Waals surface area contributed by atoms with E-state index in [0.29, 0.717) is 32.5 Å². The Morgan fingerprint density at radius 3 is 2.63 bits per heavy atom. The largest absolute Gasteiger partial charge is 0.444 e. The molecule has 0 aromatic carbocycles. The van der Waals surface area contributed by atoms with Crippen LogP contribution < -0.4 is 5.73 Å². The van der Waals surface area contributed by atoms with Crippen molar-refractivity contribution in [2.45, 2.75) is 52.3 Å². The number of rotatable bonds is 3. The topological polar surface area (TPSA) is 55.6 Å². The molecule has 0 saturated carbocycles. The Kier molecular flexibility index (Phi) is 5.59. The molecule has 5 heteroatoms. The Morgan fingerprint density at radius 2 is 2.16 bits per heavy atom. The van der Waals surface area contributed by atoms with Gasteiger partial charge in [0.05, 0.1) is 0 Å². The first-order valence-corrected chi connectivity index (χ1v) is 7.06. The number of carbonyl (C=O) groups excluding carboxylic acids is 1. The summed E-state index contributed by atoms with van der Waals surface area (Å²) in [5.41, 5.74) is 4.92. The van der Waals surface area contributed by atoms with Gasteiger partial charge in [0.2, 0.25) is 0 Å². The average Bonchev–Trinajstić information content (AvgIpc) is 2.26. The maximum atomic E-state index is 13.9. The Hall–Kier alpha value is -0.840. The zero-order chi connectivity index (χ0) is 14.6. The molecule has 112 valence electrons. The first kappa shape index (κ1) is 16.2. The van der Waals surface area contributed by atoms with Gasteiger partial charge in [-0.25, -0.2) is 9.18 Å². The molecule has 0 aromatic rings. The summed E-state index contributed by atoms with van der Waals surface area (Å²) in [5, 5.41) is 0. The van der Waals surface area contributed by atoms with Gasteiger partial charge in [-0.05, 0) is 52.0 Å². The number of alkyl halides is 1. The van der Waals surface area contributed by atoms with Crippen LogP contribution in [-0.4, -0.2) is 42.4 Å². The van der Waals surface area contributed by atoms with E-state index in [4.69, 9.17) is 10.5 Å². The molecular formula is C14H27FN2O2. The van der Waals surface area contributed by atoms with Crippen LogP contribution in [0.15, 0.2) is 0 Å². The number of piperidine rings is 1. The number of carbonyl (C=O) groups is 1. The highest BCUT2D eigenvalue weighted by atomic mass is 19.1. The summed E-state index contributed by atoms with van der Waals surface area (Å²) in [5.74, 6) is 0.144. The van der Waals surface area contributed by atoms with Crippen LogP contribution in [0.3, 0.4) is 0 Å². The Bertz CT molecular complexity index is 304. The first-order chi connectivity index (χ1) is 8.74. The highest BCUT2D eigenvalue weighted by molar-refractivity contribution is 5.68. The average molecular weight is 274 g/mol. The van der Waals surface area contributed by atoms with Crippen molar-refractivity contribution in [2.75, 3.05) is 19.6 Å². The third-order valence-corrected chi connectivity index (χ3v) is 3.53. The van der Waals surface area contributed by atoms with Crippen molar-refractivity contribution in [2.24, 2.45) is 17.6 Å². The number of likely N-dealkylation sites (tertiary alicyclic amines) is 1. The van der Waals surface area contributed by atoms with E-state index in [-0.39, 0.29) is 17.9 Å². The molecule has 1 amide bonds. The smallest absolute Gasteiger partial charge is 0.410 e. The van der Waals surface area contributed by atoms with Crippen molar-refractivity contribution in [3.8, 4) is 0 Å². The number of ether oxygens (including phenoxy) is 1. The molecule has 3 atom stereocenters. The number of hydrogen-bond acceptors (Lipinski definition) is 3. The lowest BCUT2D eigenvalue weighted by Gasteiger charge is -2.38. The number of amides is 1. The van der Waals surface area contributed by atoms with Crippen LogP contribution in [-0.2, 0) is 4.74 Å². The minimum Gasteiger partial charge on any atom is -0.444 e. The Labute approximate surface area is 115 Å². The van der Waals surface area contributed by atoms with Crippen LogP contribution in [0, 0.1) is 11.8 Å².